The molecule has 0 spiro atoms. The molecule has 6 heteroatoms. The number of hydrogen-bond donors (Lipinski definition) is 1. The van der Waals surface area contributed by atoms with Crippen molar-refractivity contribution in [2.45, 2.75) is 19.4 Å². The lowest BCUT2D eigenvalue weighted by Crippen LogP contribution is -2.62. The number of aliphatic carboxylic acids is 1. The van der Waals surface area contributed by atoms with Crippen molar-refractivity contribution in [3.63, 3.8) is 0 Å². The van der Waals surface area contributed by atoms with Gasteiger partial charge in [0.05, 0.1) is 18.7 Å². The van der Waals surface area contributed by atoms with Gasteiger partial charge < -0.3 is 14.7 Å². The van der Waals surface area contributed by atoms with E-state index in [4.69, 9.17) is 15.1 Å². The van der Waals surface area contributed by atoms with Gasteiger partial charge in [-0.2, -0.15) is 5.26 Å². The van der Waals surface area contributed by atoms with Gasteiger partial charge in [-0.05, 0) is 25.5 Å². The van der Waals surface area contributed by atoms with Gasteiger partial charge in [-0.3, -0.25) is 0 Å². The molecule has 0 unspecified atom stereocenters. The van der Waals surface area contributed by atoms with Gasteiger partial charge in [-0.1, -0.05) is 0 Å². The molecule has 19 heavy (non-hydrogen) atoms. The molecular weight excluding hydrogens is 246 g/mol. The van der Waals surface area contributed by atoms with Crippen LogP contribution in [0, 0.1) is 18.3 Å². The first-order chi connectivity index (χ1) is 8.95. The number of carboxylic acid groups (broad SMARTS) is 1. The number of carboxylic acids is 1. The van der Waals surface area contributed by atoms with Crippen molar-refractivity contribution in [1.29, 1.82) is 5.26 Å². The summed E-state index contributed by atoms with van der Waals surface area (Å²) in [6.07, 6.45) is 1.67. The van der Waals surface area contributed by atoms with Crippen LogP contribution in [-0.2, 0) is 9.53 Å². The Morgan fingerprint density at radius 1 is 1.68 bits per heavy atom. The number of anilines is 1. The highest BCUT2D eigenvalue weighted by atomic mass is 16.5. The van der Waals surface area contributed by atoms with E-state index >= 15 is 0 Å². The molecule has 0 aliphatic carbocycles. The lowest BCUT2D eigenvalue weighted by molar-refractivity contribution is -0.150. The van der Waals surface area contributed by atoms with E-state index in [0.717, 1.165) is 5.56 Å². The zero-order valence-electron chi connectivity index (χ0n) is 10.9. The molecule has 0 radical (unpaired) electrons. The minimum absolute atomic E-state index is 0.309. The Labute approximate surface area is 111 Å². The lowest BCUT2D eigenvalue weighted by atomic mass is 9.95. The highest BCUT2D eigenvalue weighted by Gasteiger charge is 2.41. The normalized spacial score (nSPS) is 16.6. The van der Waals surface area contributed by atoms with E-state index < -0.39 is 11.6 Å². The van der Waals surface area contributed by atoms with E-state index in [2.05, 4.69) is 11.1 Å². The van der Waals surface area contributed by atoms with Gasteiger partial charge in [0.1, 0.15) is 24.1 Å². The number of nitrogens with zero attached hydrogens (tertiary/aromatic N) is 3. The second-order valence-corrected chi connectivity index (χ2v) is 4.93. The molecule has 0 bridgehead atoms. The van der Waals surface area contributed by atoms with Crippen molar-refractivity contribution in [2.24, 2.45) is 0 Å². The molecule has 0 aromatic carbocycles. The minimum atomic E-state index is -0.980. The number of ether oxygens (including phenoxy) is 1. The van der Waals surface area contributed by atoms with Gasteiger partial charge in [0.2, 0.25) is 0 Å². The Balaban J connectivity index is 2.07. The fourth-order valence-electron chi connectivity index (χ4n) is 2.16. The molecule has 100 valence electrons. The number of hydrogen-bond acceptors (Lipinski definition) is 5. The first-order valence-electron chi connectivity index (χ1n) is 5.91. The highest BCUT2D eigenvalue weighted by molar-refractivity contribution is 5.68. The predicted octanol–water partition coefficient (Wildman–Crippen LogP) is 0.942. The minimum Gasteiger partial charge on any atom is -0.480 e. The Bertz CT molecular complexity index is 545. The van der Waals surface area contributed by atoms with E-state index in [1.54, 1.807) is 12.3 Å². The number of rotatable bonds is 4. The summed E-state index contributed by atoms with van der Waals surface area (Å²) in [5.74, 6) is -0.343. The van der Waals surface area contributed by atoms with E-state index in [1.165, 1.54) is 0 Å². The summed E-state index contributed by atoms with van der Waals surface area (Å²) >= 11 is 0. The third-order valence-corrected chi connectivity index (χ3v) is 3.15. The Morgan fingerprint density at radius 3 is 2.95 bits per heavy atom. The van der Waals surface area contributed by atoms with Gasteiger partial charge in [-0.25, -0.2) is 9.78 Å². The zero-order chi connectivity index (χ0) is 14.0. The van der Waals surface area contributed by atoms with Crippen LogP contribution in [0.2, 0.25) is 0 Å². The van der Waals surface area contributed by atoms with Crippen molar-refractivity contribution in [3.8, 4) is 6.07 Å². The molecule has 1 N–H and O–H groups in total. The van der Waals surface area contributed by atoms with Gasteiger partial charge in [0, 0.05) is 6.20 Å². The second kappa shape index (κ2) is 4.86. The maximum Gasteiger partial charge on any atom is 0.329 e. The molecule has 2 heterocycles. The number of aryl methyl sites for hydroxylation is 1. The van der Waals surface area contributed by atoms with E-state index in [1.807, 2.05) is 18.7 Å². The number of nitriles is 1. The van der Waals surface area contributed by atoms with Crippen LogP contribution in [0.25, 0.3) is 0 Å². The first kappa shape index (κ1) is 13.3. The van der Waals surface area contributed by atoms with E-state index in [9.17, 15) is 4.79 Å². The van der Waals surface area contributed by atoms with Crippen LogP contribution in [0.4, 0.5) is 5.82 Å². The summed E-state index contributed by atoms with van der Waals surface area (Å²) in [6.45, 7) is 4.48. The van der Waals surface area contributed by atoms with E-state index in [0.29, 0.717) is 24.5 Å². The molecular formula is C13H15N3O3. The number of carbonyl (C=O) groups is 1. The third kappa shape index (κ3) is 2.66. The molecule has 0 saturated carbocycles. The average molecular weight is 261 g/mol. The smallest absolute Gasteiger partial charge is 0.329 e. The summed E-state index contributed by atoms with van der Waals surface area (Å²) < 4.78 is 5.33. The van der Waals surface area contributed by atoms with Crippen molar-refractivity contribution < 1.29 is 14.6 Å². The van der Waals surface area contributed by atoms with Crippen LogP contribution in [0.1, 0.15) is 18.1 Å². The maximum atomic E-state index is 10.5. The molecule has 1 aromatic rings. The average Bonchev–Trinajstić information content (AvgIpc) is 2.32. The van der Waals surface area contributed by atoms with Crippen molar-refractivity contribution in [2.75, 3.05) is 24.6 Å². The van der Waals surface area contributed by atoms with Gasteiger partial charge in [0.25, 0.3) is 0 Å². The molecule has 1 fully saturated rings. The number of aromatic nitrogens is 1. The van der Waals surface area contributed by atoms with Crippen molar-refractivity contribution >= 4 is 11.8 Å². The molecule has 1 aromatic heterocycles. The van der Waals surface area contributed by atoms with Crippen molar-refractivity contribution in [1.82, 2.24) is 4.98 Å². The first-order valence-corrected chi connectivity index (χ1v) is 5.91. The monoisotopic (exact) mass is 261 g/mol. The quantitative estimate of drug-likeness (QED) is 0.868. The standard InChI is InChI=1S/C13H15N3O3/c1-9-3-4-15-12(10(9)5-14)16-7-13(2,8-16)19-6-11(17)18/h3-4H,6-8H2,1-2H3,(H,17,18). The van der Waals surface area contributed by atoms with Crippen LogP contribution in [0.3, 0.4) is 0 Å². The largest absolute Gasteiger partial charge is 0.480 e. The van der Waals surface area contributed by atoms with Crippen LogP contribution in [0.15, 0.2) is 12.3 Å². The fraction of sp³-hybridized carbons (Fsp3) is 0.462. The van der Waals surface area contributed by atoms with E-state index in [-0.39, 0.29) is 6.61 Å². The molecule has 2 rings (SSSR count). The molecule has 1 aliphatic heterocycles. The lowest BCUT2D eigenvalue weighted by Gasteiger charge is -2.48. The molecule has 6 nitrogen and oxygen atoms in total. The zero-order valence-corrected chi connectivity index (χ0v) is 10.9. The van der Waals surface area contributed by atoms with Gasteiger partial charge in [-0.15, -0.1) is 0 Å². The highest BCUT2D eigenvalue weighted by Crippen LogP contribution is 2.31. The Morgan fingerprint density at radius 2 is 2.37 bits per heavy atom. The summed E-state index contributed by atoms with van der Waals surface area (Å²) in [5, 5.41) is 17.8. The predicted molar refractivity (Wildman–Crippen MR) is 67.9 cm³/mol. The Hall–Kier alpha value is -2.13. The van der Waals surface area contributed by atoms with Crippen molar-refractivity contribution in [3.05, 3.63) is 23.4 Å². The third-order valence-electron chi connectivity index (χ3n) is 3.15. The van der Waals surface area contributed by atoms with Crippen LogP contribution < -0.4 is 4.90 Å². The maximum absolute atomic E-state index is 10.5. The van der Waals surface area contributed by atoms with Crippen LogP contribution >= 0.6 is 0 Å². The molecule has 1 aliphatic rings. The SMILES string of the molecule is Cc1ccnc(N2CC(C)(OCC(=O)O)C2)c1C#N. The summed E-state index contributed by atoms with van der Waals surface area (Å²) in [7, 11) is 0. The Kier molecular flexibility index (Phi) is 3.40. The topological polar surface area (TPSA) is 86.5 Å². The molecule has 1 saturated heterocycles. The molecule has 0 atom stereocenters. The second-order valence-electron chi connectivity index (χ2n) is 4.93. The van der Waals surface area contributed by atoms with Crippen LogP contribution in [0.5, 0.6) is 0 Å². The number of pyridine rings is 1. The van der Waals surface area contributed by atoms with Gasteiger partial charge >= 0.3 is 5.97 Å². The van der Waals surface area contributed by atoms with Crippen LogP contribution in [-0.4, -0.2) is 41.4 Å². The molecule has 0 amide bonds. The van der Waals surface area contributed by atoms with Gasteiger partial charge in [0.15, 0.2) is 0 Å². The fourth-order valence-corrected chi connectivity index (χ4v) is 2.16. The summed E-state index contributed by atoms with van der Waals surface area (Å²) in [6, 6.07) is 3.95. The summed E-state index contributed by atoms with van der Waals surface area (Å²) in [4.78, 5) is 16.6. The summed E-state index contributed by atoms with van der Waals surface area (Å²) in [5.41, 5.74) is 0.951.